The normalized spacial score (nSPS) is 19.4. The van der Waals surface area contributed by atoms with Gasteiger partial charge in [0, 0.05) is 0 Å². The smallest absolute Gasteiger partial charge is 0.117 e. The third kappa shape index (κ3) is 1.33. The molecule has 1 aliphatic carbocycles. The predicted molar refractivity (Wildman–Crippen MR) is 65.4 cm³/mol. The number of hydrogen-bond acceptors (Lipinski definition) is 2. The molecule has 0 saturated heterocycles. The molecule has 0 fully saturated rings. The van der Waals surface area contributed by atoms with E-state index in [1.807, 2.05) is 6.07 Å². The van der Waals surface area contributed by atoms with Gasteiger partial charge in [-0.1, -0.05) is 41.6 Å². The summed E-state index contributed by atoms with van der Waals surface area (Å²) in [5, 5.41) is 5.79. The first kappa shape index (κ1) is 9.52. The van der Waals surface area contributed by atoms with Crippen molar-refractivity contribution in [2.75, 3.05) is 0 Å². The lowest BCUT2D eigenvalue weighted by atomic mass is 9.85. The molecule has 16 heavy (non-hydrogen) atoms. The summed E-state index contributed by atoms with van der Waals surface area (Å²) < 4.78 is 0. The van der Waals surface area contributed by atoms with Gasteiger partial charge < -0.3 is 0 Å². The summed E-state index contributed by atoms with van der Waals surface area (Å²) in [6.45, 7) is 0. The second-order valence-corrected chi connectivity index (χ2v) is 4.37. The Morgan fingerprint density at radius 2 is 2.00 bits per heavy atom. The number of nitroso groups, excluding NO2 is 1. The Balaban J connectivity index is 2.29. The first-order chi connectivity index (χ1) is 7.90. The zero-order chi connectivity index (χ0) is 11.0. The van der Waals surface area contributed by atoms with Crippen LogP contribution >= 0.6 is 0 Å². The average Bonchev–Trinajstić information content (AvgIpc) is 2.37. The molecule has 2 heteroatoms. The Morgan fingerprint density at radius 3 is 2.88 bits per heavy atom. The van der Waals surface area contributed by atoms with E-state index in [2.05, 4.69) is 35.5 Å². The number of rotatable bonds is 1. The van der Waals surface area contributed by atoms with E-state index in [-0.39, 0.29) is 6.04 Å². The van der Waals surface area contributed by atoms with Crippen LogP contribution in [0.25, 0.3) is 10.8 Å². The Bertz CT molecular complexity index is 547. The van der Waals surface area contributed by atoms with Crippen molar-refractivity contribution < 1.29 is 0 Å². The standard InChI is InChI=1S/C14H13NO/c16-15-14-7-3-6-12-11-5-2-1-4-10(11)8-9-13(12)14/h1-2,4-5,8-9,14H,3,6-7H2. The van der Waals surface area contributed by atoms with E-state index in [0.29, 0.717) is 0 Å². The largest absolute Gasteiger partial charge is 0.150 e. The predicted octanol–water partition coefficient (Wildman–Crippen LogP) is 3.98. The molecule has 80 valence electrons. The van der Waals surface area contributed by atoms with Gasteiger partial charge in [0.25, 0.3) is 0 Å². The van der Waals surface area contributed by atoms with Crippen molar-refractivity contribution in [3.05, 3.63) is 52.4 Å². The summed E-state index contributed by atoms with van der Waals surface area (Å²) >= 11 is 0. The van der Waals surface area contributed by atoms with Crippen LogP contribution in [0.3, 0.4) is 0 Å². The summed E-state index contributed by atoms with van der Waals surface area (Å²) in [5.74, 6) is 0. The van der Waals surface area contributed by atoms with E-state index >= 15 is 0 Å². The third-order valence-electron chi connectivity index (χ3n) is 3.47. The highest BCUT2D eigenvalue weighted by molar-refractivity contribution is 5.87. The molecule has 2 nitrogen and oxygen atoms in total. The van der Waals surface area contributed by atoms with Crippen molar-refractivity contribution in [3.63, 3.8) is 0 Å². The SMILES string of the molecule is O=NC1CCCc2c1ccc1ccccc21. The van der Waals surface area contributed by atoms with Crippen molar-refractivity contribution in [1.82, 2.24) is 0 Å². The lowest BCUT2D eigenvalue weighted by molar-refractivity contribution is 0.572. The minimum atomic E-state index is -0.131. The highest BCUT2D eigenvalue weighted by atomic mass is 16.3. The van der Waals surface area contributed by atoms with E-state index in [0.717, 1.165) is 24.8 Å². The highest BCUT2D eigenvalue weighted by Crippen LogP contribution is 2.36. The van der Waals surface area contributed by atoms with Crippen molar-refractivity contribution >= 4 is 10.8 Å². The van der Waals surface area contributed by atoms with Crippen LogP contribution in [0.1, 0.15) is 30.0 Å². The number of aryl methyl sites for hydroxylation is 1. The van der Waals surface area contributed by atoms with Gasteiger partial charge in [-0.2, -0.15) is 4.91 Å². The molecule has 0 saturated carbocycles. The van der Waals surface area contributed by atoms with Gasteiger partial charge in [-0.3, -0.25) is 0 Å². The molecule has 0 radical (unpaired) electrons. The van der Waals surface area contributed by atoms with Crippen molar-refractivity contribution in [3.8, 4) is 0 Å². The molecule has 2 aromatic carbocycles. The minimum absolute atomic E-state index is 0.131. The fourth-order valence-corrected chi connectivity index (χ4v) is 2.68. The summed E-state index contributed by atoms with van der Waals surface area (Å²) in [6, 6.07) is 12.4. The van der Waals surface area contributed by atoms with Gasteiger partial charge in [0.15, 0.2) is 0 Å². The van der Waals surface area contributed by atoms with Gasteiger partial charge in [0.1, 0.15) is 6.04 Å². The maximum Gasteiger partial charge on any atom is 0.117 e. The number of benzene rings is 2. The van der Waals surface area contributed by atoms with E-state index in [1.165, 1.54) is 16.3 Å². The molecule has 1 aliphatic rings. The first-order valence-corrected chi connectivity index (χ1v) is 5.73. The zero-order valence-electron chi connectivity index (χ0n) is 9.02. The fourth-order valence-electron chi connectivity index (χ4n) is 2.68. The summed E-state index contributed by atoms with van der Waals surface area (Å²) in [6.07, 6.45) is 3.04. The summed E-state index contributed by atoms with van der Waals surface area (Å²) in [7, 11) is 0. The summed E-state index contributed by atoms with van der Waals surface area (Å²) in [5.41, 5.74) is 2.47. The molecule has 0 amide bonds. The van der Waals surface area contributed by atoms with Crippen LogP contribution in [0.2, 0.25) is 0 Å². The van der Waals surface area contributed by atoms with Gasteiger partial charge in [0.05, 0.1) is 0 Å². The second-order valence-electron chi connectivity index (χ2n) is 4.37. The lowest BCUT2D eigenvalue weighted by Gasteiger charge is -2.21. The Hall–Kier alpha value is -1.70. The van der Waals surface area contributed by atoms with Gasteiger partial charge in [-0.25, -0.2) is 0 Å². The molecule has 0 aromatic heterocycles. The van der Waals surface area contributed by atoms with Crippen molar-refractivity contribution in [2.45, 2.75) is 25.3 Å². The third-order valence-corrected chi connectivity index (χ3v) is 3.47. The monoisotopic (exact) mass is 211 g/mol. The fraction of sp³-hybridized carbons (Fsp3) is 0.286. The van der Waals surface area contributed by atoms with Crippen LogP contribution in [0, 0.1) is 4.91 Å². The van der Waals surface area contributed by atoms with Crippen molar-refractivity contribution in [1.29, 1.82) is 0 Å². The molecule has 0 bridgehead atoms. The molecule has 1 atom stereocenters. The molecule has 3 rings (SSSR count). The maximum atomic E-state index is 10.8. The maximum absolute atomic E-state index is 10.8. The molecular formula is C14H13NO. The Labute approximate surface area is 94.3 Å². The number of nitrogens with zero attached hydrogens (tertiary/aromatic N) is 1. The highest BCUT2D eigenvalue weighted by Gasteiger charge is 2.21. The van der Waals surface area contributed by atoms with Crippen LogP contribution in [0.4, 0.5) is 0 Å². The number of fused-ring (bicyclic) bond motifs is 3. The Kier molecular flexibility index (Phi) is 2.21. The van der Waals surface area contributed by atoms with Gasteiger partial charge in [0.2, 0.25) is 0 Å². The van der Waals surface area contributed by atoms with Crippen LogP contribution in [0.5, 0.6) is 0 Å². The molecular weight excluding hydrogens is 198 g/mol. The molecule has 0 spiro atoms. The molecule has 1 unspecified atom stereocenters. The van der Waals surface area contributed by atoms with E-state index in [4.69, 9.17) is 0 Å². The lowest BCUT2D eigenvalue weighted by Crippen LogP contribution is -2.07. The molecule has 0 aliphatic heterocycles. The van der Waals surface area contributed by atoms with E-state index in [1.54, 1.807) is 0 Å². The zero-order valence-corrected chi connectivity index (χ0v) is 9.02. The quantitative estimate of drug-likeness (QED) is 0.656. The van der Waals surface area contributed by atoms with Crippen LogP contribution in [-0.2, 0) is 6.42 Å². The van der Waals surface area contributed by atoms with Crippen LogP contribution in [0.15, 0.2) is 41.6 Å². The molecule has 0 heterocycles. The second kappa shape index (κ2) is 3.71. The van der Waals surface area contributed by atoms with Gasteiger partial charge in [-0.05, 0) is 41.2 Å². The first-order valence-electron chi connectivity index (χ1n) is 5.73. The Morgan fingerprint density at radius 1 is 1.12 bits per heavy atom. The molecule has 0 N–H and O–H groups in total. The van der Waals surface area contributed by atoms with E-state index < -0.39 is 0 Å². The minimum Gasteiger partial charge on any atom is -0.150 e. The van der Waals surface area contributed by atoms with E-state index in [9.17, 15) is 4.91 Å². The van der Waals surface area contributed by atoms with Gasteiger partial charge >= 0.3 is 0 Å². The summed E-state index contributed by atoms with van der Waals surface area (Å²) in [4.78, 5) is 10.8. The van der Waals surface area contributed by atoms with Crippen molar-refractivity contribution in [2.24, 2.45) is 5.18 Å². The topological polar surface area (TPSA) is 29.4 Å². The molecule has 2 aromatic rings. The average molecular weight is 211 g/mol. The van der Waals surface area contributed by atoms with Gasteiger partial charge in [-0.15, -0.1) is 0 Å². The number of hydrogen-bond donors (Lipinski definition) is 0. The van der Waals surface area contributed by atoms with Crippen LogP contribution < -0.4 is 0 Å². The van der Waals surface area contributed by atoms with Crippen LogP contribution in [-0.4, -0.2) is 0 Å².